The average molecular weight is 661 g/mol. The molecule has 9 heteroatoms. The van der Waals surface area contributed by atoms with Crippen LogP contribution in [0.25, 0.3) is 16.7 Å². The van der Waals surface area contributed by atoms with Crippen LogP contribution in [0.4, 0.5) is 0 Å². The first-order valence-electron chi connectivity index (χ1n) is 17.3. The van der Waals surface area contributed by atoms with Gasteiger partial charge in [0, 0.05) is 46.4 Å². The minimum absolute atomic E-state index is 0.0566. The molecule has 4 aromatic rings. The molecule has 254 valence electrons. The fourth-order valence-electron chi connectivity index (χ4n) is 8.73. The van der Waals surface area contributed by atoms with E-state index in [1.165, 1.54) is 13.5 Å². The smallest absolute Gasteiger partial charge is 0.355 e. The highest BCUT2D eigenvalue weighted by molar-refractivity contribution is 5.95. The number of hydrogen-bond acceptors (Lipinski definition) is 6. The second kappa shape index (κ2) is 12.6. The zero-order valence-electron chi connectivity index (χ0n) is 28.6. The standard InChI is InChI=1S/C40H44N4O5/c1-39(2,3)38(48)43-40-17-16-32(30-21-25(22-40)19-27(30)23-40)42-36(46)26-14-12-24(13-15-26)20-31-33(37(47)49-4)44(28-9-6-5-7-10-28)35-29(34(31)45)11-8-18-41-35/h5-15,18,25,27,30,32H,16-17,19-23H2,1-4H3,(H,42,46)(H,43,48)/t25-,27?,30+,32-,40+/m1/s1. The van der Waals surface area contributed by atoms with E-state index in [0.29, 0.717) is 45.6 Å². The largest absolute Gasteiger partial charge is 0.464 e. The molecular formula is C40H44N4O5. The Morgan fingerprint density at radius 3 is 2.45 bits per heavy atom. The molecule has 3 aliphatic carbocycles. The predicted octanol–water partition coefficient (Wildman–Crippen LogP) is 5.99. The van der Waals surface area contributed by atoms with Gasteiger partial charge in [0.1, 0.15) is 11.3 Å². The number of amides is 2. The van der Waals surface area contributed by atoms with Crippen LogP contribution in [0.2, 0.25) is 0 Å². The molecule has 9 nitrogen and oxygen atoms in total. The molecule has 2 amide bonds. The quantitative estimate of drug-likeness (QED) is 0.235. The van der Waals surface area contributed by atoms with Gasteiger partial charge in [0.15, 0.2) is 5.43 Å². The van der Waals surface area contributed by atoms with E-state index >= 15 is 0 Å². The highest BCUT2D eigenvalue weighted by Crippen LogP contribution is 2.55. The first-order valence-corrected chi connectivity index (χ1v) is 17.3. The number of aromatic nitrogens is 2. The van der Waals surface area contributed by atoms with Gasteiger partial charge in [-0.3, -0.25) is 19.0 Å². The molecule has 3 fully saturated rings. The predicted molar refractivity (Wildman–Crippen MR) is 188 cm³/mol. The molecule has 3 saturated carbocycles. The number of nitrogens with zero attached hydrogens (tertiary/aromatic N) is 2. The number of methoxy groups -OCH3 is 1. The lowest BCUT2D eigenvalue weighted by Crippen LogP contribution is -2.54. The molecule has 0 aliphatic heterocycles. The molecule has 49 heavy (non-hydrogen) atoms. The number of carbonyl (C=O) groups excluding carboxylic acids is 3. The Morgan fingerprint density at radius 2 is 1.73 bits per heavy atom. The molecule has 0 saturated heterocycles. The molecule has 0 radical (unpaired) electrons. The van der Waals surface area contributed by atoms with Crippen molar-refractivity contribution in [2.24, 2.45) is 23.2 Å². The van der Waals surface area contributed by atoms with E-state index in [4.69, 9.17) is 4.74 Å². The first kappa shape index (κ1) is 32.7. The summed E-state index contributed by atoms with van der Waals surface area (Å²) in [4.78, 5) is 58.4. The normalized spacial score (nSPS) is 24.3. The van der Waals surface area contributed by atoms with Crippen molar-refractivity contribution in [2.45, 2.75) is 77.3 Å². The van der Waals surface area contributed by atoms with Gasteiger partial charge in [0.05, 0.1) is 12.5 Å². The number of carbonyl (C=O) groups is 3. The van der Waals surface area contributed by atoms with E-state index in [-0.39, 0.29) is 40.9 Å². The van der Waals surface area contributed by atoms with Crippen molar-refractivity contribution in [3.05, 3.63) is 106 Å². The molecule has 2 aromatic carbocycles. The van der Waals surface area contributed by atoms with Gasteiger partial charge in [-0.05, 0) is 98.2 Å². The molecule has 3 aliphatic rings. The molecular weight excluding hydrogens is 616 g/mol. The number of benzene rings is 2. The van der Waals surface area contributed by atoms with Gasteiger partial charge in [-0.25, -0.2) is 9.78 Å². The molecule has 3 bridgehead atoms. The Bertz CT molecular complexity index is 1980. The van der Waals surface area contributed by atoms with Gasteiger partial charge in [-0.15, -0.1) is 0 Å². The molecule has 1 unspecified atom stereocenters. The number of fused-ring (bicyclic) bond motifs is 3. The topological polar surface area (TPSA) is 119 Å². The summed E-state index contributed by atoms with van der Waals surface area (Å²) >= 11 is 0. The maximum Gasteiger partial charge on any atom is 0.355 e. The number of ether oxygens (including phenoxy) is 1. The Balaban J connectivity index is 1.13. The maximum atomic E-state index is 13.9. The first-order chi connectivity index (χ1) is 23.5. The third-order valence-corrected chi connectivity index (χ3v) is 11.0. The number of nitrogens with one attached hydrogen (secondary N) is 2. The van der Waals surface area contributed by atoms with Crippen molar-refractivity contribution in [2.75, 3.05) is 7.11 Å². The SMILES string of the molecule is COC(=O)c1c(Cc2ccc(C(=O)N[C@@H]3CC[C@@]4(NC(=O)C(C)(C)C)CC5C[C@H](C[C@@H]53)C4)cc2)c(=O)c2cccnc2n1-c1ccccc1. The number of esters is 1. The summed E-state index contributed by atoms with van der Waals surface area (Å²) in [6.45, 7) is 5.88. The summed E-state index contributed by atoms with van der Waals surface area (Å²) in [7, 11) is 1.30. The zero-order chi connectivity index (χ0) is 34.5. The lowest BCUT2D eigenvalue weighted by Gasteiger charge is -2.42. The van der Waals surface area contributed by atoms with Crippen LogP contribution in [0.15, 0.2) is 77.7 Å². The van der Waals surface area contributed by atoms with Crippen molar-refractivity contribution >= 4 is 28.8 Å². The van der Waals surface area contributed by atoms with Crippen LogP contribution < -0.4 is 16.1 Å². The summed E-state index contributed by atoms with van der Waals surface area (Å²) in [5, 5.41) is 7.24. The second-order valence-electron chi connectivity index (χ2n) is 15.3. The Labute approximate surface area is 286 Å². The van der Waals surface area contributed by atoms with Crippen molar-refractivity contribution in [3.8, 4) is 5.69 Å². The van der Waals surface area contributed by atoms with E-state index in [9.17, 15) is 19.2 Å². The van der Waals surface area contributed by atoms with Gasteiger partial charge in [-0.1, -0.05) is 51.1 Å². The van der Waals surface area contributed by atoms with Crippen LogP contribution in [-0.2, 0) is 16.0 Å². The lowest BCUT2D eigenvalue weighted by molar-refractivity contribution is -0.131. The number of pyridine rings is 2. The average Bonchev–Trinajstić information content (AvgIpc) is 3.36. The van der Waals surface area contributed by atoms with Gasteiger partial charge >= 0.3 is 5.97 Å². The summed E-state index contributed by atoms with van der Waals surface area (Å²) in [6.07, 6.45) is 7.75. The van der Waals surface area contributed by atoms with Gasteiger partial charge < -0.3 is 15.4 Å². The Hall–Kier alpha value is -4.79. The van der Waals surface area contributed by atoms with Crippen LogP contribution in [0.3, 0.4) is 0 Å². The van der Waals surface area contributed by atoms with Gasteiger partial charge in [0.2, 0.25) is 5.91 Å². The van der Waals surface area contributed by atoms with Crippen LogP contribution in [0.5, 0.6) is 0 Å². The summed E-state index contributed by atoms with van der Waals surface area (Å²) in [5.74, 6) is 0.834. The fourth-order valence-corrected chi connectivity index (χ4v) is 8.73. The summed E-state index contributed by atoms with van der Waals surface area (Å²) in [5.41, 5.74) is 1.89. The molecule has 5 atom stereocenters. The second-order valence-corrected chi connectivity index (χ2v) is 15.3. The van der Waals surface area contributed by atoms with Crippen LogP contribution in [0, 0.1) is 23.2 Å². The van der Waals surface area contributed by atoms with Crippen molar-refractivity contribution < 1.29 is 19.1 Å². The molecule has 2 N–H and O–H groups in total. The van der Waals surface area contributed by atoms with E-state index in [0.717, 1.165) is 37.7 Å². The van der Waals surface area contributed by atoms with Crippen molar-refractivity contribution in [1.29, 1.82) is 0 Å². The zero-order valence-corrected chi connectivity index (χ0v) is 28.6. The highest BCUT2D eigenvalue weighted by atomic mass is 16.5. The molecule has 2 heterocycles. The Morgan fingerprint density at radius 1 is 0.980 bits per heavy atom. The minimum Gasteiger partial charge on any atom is -0.464 e. The lowest BCUT2D eigenvalue weighted by atomic mass is 9.73. The third-order valence-electron chi connectivity index (χ3n) is 11.0. The van der Waals surface area contributed by atoms with Crippen LogP contribution in [0.1, 0.15) is 91.3 Å². The van der Waals surface area contributed by atoms with Crippen molar-refractivity contribution in [3.63, 3.8) is 0 Å². The van der Waals surface area contributed by atoms with E-state index in [1.807, 2.05) is 63.2 Å². The Kier molecular flexibility index (Phi) is 8.41. The van der Waals surface area contributed by atoms with E-state index in [2.05, 4.69) is 15.6 Å². The molecule has 0 spiro atoms. The summed E-state index contributed by atoms with van der Waals surface area (Å²) in [6, 6.07) is 20.0. The molecule has 2 aromatic heterocycles. The number of hydrogen-bond donors (Lipinski definition) is 2. The third kappa shape index (κ3) is 6.15. The monoisotopic (exact) mass is 660 g/mol. The van der Waals surface area contributed by atoms with Gasteiger partial charge in [-0.2, -0.15) is 0 Å². The number of para-hydroxylation sites is 1. The van der Waals surface area contributed by atoms with Crippen LogP contribution >= 0.6 is 0 Å². The fraction of sp³-hybridized carbons (Fsp3) is 0.425. The highest BCUT2D eigenvalue weighted by Gasteiger charge is 2.53. The van der Waals surface area contributed by atoms with Crippen molar-refractivity contribution in [1.82, 2.24) is 20.2 Å². The van der Waals surface area contributed by atoms with E-state index in [1.54, 1.807) is 35.0 Å². The molecule has 7 rings (SSSR count). The summed E-state index contributed by atoms with van der Waals surface area (Å²) < 4.78 is 6.88. The maximum absolute atomic E-state index is 13.9. The van der Waals surface area contributed by atoms with Crippen LogP contribution in [-0.4, -0.2) is 46.0 Å². The number of rotatable bonds is 7. The minimum atomic E-state index is -0.634. The van der Waals surface area contributed by atoms with E-state index < -0.39 is 11.4 Å². The van der Waals surface area contributed by atoms with Gasteiger partial charge in [0.25, 0.3) is 5.91 Å².